The second-order valence-corrected chi connectivity index (χ2v) is 7.68. The monoisotopic (exact) mass is 416 g/mol. The number of carbonyl (C=O) groups excluding carboxylic acids is 2. The number of piperidine rings is 1. The Bertz CT molecular complexity index is 893. The molecule has 0 bridgehead atoms. The summed E-state index contributed by atoms with van der Waals surface area (Å²) in [6, 6.07) is 5.88. The minimum absolute atomic E-state index is 0.0187. The van der Waals surface area contributed by atoms with Crippen LogP contribution in [0.3, 0.4) is 0 Å². The van der Waals surface area contributed by atoms with Crippen LogP contribution in [0.15, 0.2) is 30.5 Å². The van der Waals surface area contributed by atoms with E-state index in [4.69, 9.17) is 9.47 Å². The Kier molecular flexibility index (Phi) is 5.98. The summed E-state index contributed by atoms with van der Waals surface area (Å²) in [6.07, 6.45) is 2.75. The molecule has 2 fully saturated rings. The summed E-state index contributed by atoms with van der Waals surface area (Å²) in [5.74, 6) is 0.174. The molecule has 2 amide bonds. The molecule has 2 aromatic rings. The number of hydrogen-bond acceptors (Lipinski definition) is 5. The van der Waals surface area contributed by atoms with Gasteiger partial charge < -0.3 is 19.3 Å². The first-order valence-electron chi connectivity index (χ1n) is 10.1. The smallest absolute Gasteiger partial charge is 0.257 e. The van der Waals surface area contributed by atoms with E-state index in [0.717, 1.165) is 18.5 Å². The fourth-order valence-electron chi connectivity index (χ4n) is 3.94. The standard InChI is InChI=1S/C21H25FN4O4/c1-14-19(10-23-24-14)21(28)25-8-6-16(7-9-25)26-11-18(30-13-20(26)27)12-29-17-4-2-15(22)3-5-17/h2-5,10,16,18H,6-9,11-13H2,1H3,(H,23,24). The van der Waals surface area contributed by atoms with Gasteiger partial charge in [-0.2, -0.15) is 5.10 Å². The molecule has 0 radical (unpaired) electrons. The quantitative estimate of drug-likeness (QED) is 0.803. The van der Waals surface area contributed by atoms with Crippen LogP contribution in [0.2, 0.25) is 0 Å². The molecule has 1 aromatic heterocycles. The van der Waals surface area contributed by atoms with Crippen molar-refractivity contribution in [3.63, 3.8) is 0 Å². The summed E-state index contributed by atoms with van der Waals surface area (Å²) < 4.78 is 24.3. The van der Waals surface area contributed by atoms with E-state index in [9.17, 15) is 14.0 Å². The van der Waals surface area contributed by atoms with Crippen molar-refractivity contribution in [2.45, 2.75) is 31.9 Å². The lowest BCUT2D eigenvalue weighted by Crippen LogP contribution is -2.55. The van der Waals surface area contributed by atoms with Gasteiger partial charge in [-0.1, -0.05) is 0 Å². The number of halogens is 1. The van der Waals surface area contributed by atoms with Crippen LogP contribution in [0.1, 0.15) is 28.9 Å². The first-order valence-corrected chi connectivity index (χ1v) is 10.1. The van der Waals surface area contributed by atoms with Gasteiger partial charge in [0, 0.05) is 24.8 Å². The van der Waals surface area contributed by atoms with E-state index in [1.54, 1.807) is 18.3 Å². The molecule has 30 heavy (non-hydrogen) atoms. The number of benzene rings is 1. The second-order valence-electron chi connectivity index (χ2n) is 7.68. The SMILES string of the molecule is Cc1[nH]ncc1C(=O)N1CCC(N2CC(COc3ccc(F)cc3)OCC2=O)CC1. The van der Waals surface area contributed by atoms with Crippen LogP contribution < -0.4 is 4.74 Å². The normalized spacial score (nSPS) is 20.5. The number of hydrogen-bond donors (Lipinski definition) is 1. The van der Waals surface area contributed by atoms with Crippen molar-refractivity contribution in [1.29, 1.82) is 0 Å². The van der Waals surface area contributed by atoms with E-state index in [-0.39, 0.29) is 43.0 Å². The molecule has 0 aliphatic carbocycles. The zero-order valence-electron chi connectivity index (χ0n) is 16.8. The molecule has 160 valence electrons. The van der Waals surface area contributed by atoms with Crippen molar-refractivity contribution < 1.29 is 23.5 Å². The Morgan fingerprint density at radius 2 is 2.03 bits per heavy atom. The van der Waals surface area contributed by atoms with Crippen molar-refractivity contribution in [1.82, 2.24) is 20.0 Å². The fourth-order valence-corrected chi connectivity index (χ4v) is 3.94. The number of rotatable bonds is 5. The molecule has 2 saturated heterocycles. The number of morpholine rings is 1. The van der Waals surface area contributed by atoms with Crippen molar-refractivity contribution in [3.8, 4) is 5.75 Å². The molecule has 1 atom stereocenters. The van der Waals surface area contributed by atoms with Gasteiger partial charge in [0.05, 0.1) is 18.3 Å². The summed E-state index contributed by atoms with van der Waals surface area (Å²) in [6.45, 7) is 3.76. The first-order chi connectivity index (χ1) is 14.5. The highest BCUT2D eigenvalue weighted by Gasteiger charge is 2.35. The van der Waals surface area contributed by atoms with Crippen LogP contribution >= 0.6 is 0 Å². The first kappa shape index (κ1) is 20.3. The largest absolute Gasteiger partial charge is 0.491 e. The zero-order valence-corrected chi connectivity index (χ0v) is 16.8. The number of likely N-dealkylation sites (tertiary alicyclic amines) is 1. The van der Waals surface area contributed by atoms with Gasteiger partial charge in [-0.05, 0) is 44.0 Å². The Labute approximate surface area is 173 Å². The lowest BCUT2D eigenvalue weighted by molar-refractivity contribution is -0.155. The minimum atomic E-state index is -0.319. The van der Waals surface area contributed by atoms with Crippen LogP contribution in [0, 0.1) is 12.7 Å². The summed E-state index contributed by atoms with van der Waals surface area (Å²) in [5, 5.41) is 6.71. The summed E-state index contributed by atoms with van der Waals surface area (Å²) >= 11 is 0. The number of aromatic nitrogens is 2. The van der Waals surface area contributed by atoms with Crippen molar-refractivity contribution in [3.05, 3.63) is 47.5 Å². The van der Waals surface area contributed by atoms with E-state index in [0.29, 0.717) is 30.9 Å². The predicted octanol–water partition coefficient (Wildman–Crippen LogP) is 1.77. The van der Waals surface area contributed by atoms with E-state index >= 15 is 0 Å². The van der Waals surface area contributed by atoms with E-state index < -0.39 is 0 Å². The van der Waals surface area contributed by atoms with E-state index in [2.05, 4.69) is 10.2 Å². The van der Waals surface area contributed by atoms with Gasteiger partial charge in [0.15, 0.2) is 0 Å². The van der Waals surface area contributed by atoms with Crippen molar-refractivity contribution in [2.24, 2.45) is 0 Å². The number of H-pyrrole nitrogens is 1. The molecule has 4 rings (SSSR count). The molecule has 2 aliphatic rings. The van der Waals surface area contributed by atoms with Gasteiger partial charge in [-0.25, -0.2) is 4.39 Å². The van der Waals surface area contributed by atoms with Gasteiger partial charge >= 0.3 is 0 Å². The highest BCUT2D eigenvalue weighted by molar-refractivity contribution is 5.95. The molecule has 0 saturated carbocycles. The molecule has 9 heteroatoms. The van der Waals surface area contributed by atoms with Crippen LogP contribution in [-0.4, -0.2) is 76.8 Å². The van der Waals surface area contributed by atoms with Gasteiger partial charge in [0.25, 0.3) is 5.91 Å². The average molecular weight is 416 g/mol. The lowest BCUT2D eigenvalue weighted by atomic mass is 10.0. The number of nitrogens with zero attached hydrogens (tertiary/aromatic N) is 3. The molecule has 0 spiro atoms. The predicted molar refractivity (Wildman–Crippen MR) is 106 cm³/mol. The Balaban J connectivity index is 1.30. The molecular formula is C21H25FN4O4. The fraction of sp³-hybridized carbons (Fsp3) is 0.476. The van der Waals surface area contributed by atoms with Crippen LogP contribution in [0.25, 0.3) is 0 Å². The number of aryl methyl sites for hydroxylation is 1. The molecule has 3 heterocycles. The van der Waals surface area contributed by atoms with Crippen molar-refractivity contribution in [2.75, 3.05) is 32.8 Å². The Morgan fingerprint density at radius 1 is 1.30 bits per heavy atom. The topological polar surface area (TPSA) is 87.8 Å². The Morgan fingerprint density at radius 3 is 2.70 bits per heavy atom. The van der Waals surface area contributed by atoms with Gasteiger partial charge in [-0.15, -0.1) is 0 Å². The summed E-state index contributed by atoms with van der Waals surface area (Å²) in [5.41, 5.74) is 1.35. The van der Waals surface area contributed by atoms with Crippen LogP contribution in [0.4, 0.5) is 4.39 Å². The van der Waals surface area contributed by atoms with E-state index in [1.165, 1.54) is 12.1 Å². The molecule has 1 N–H and O–H groups in total. The zero-order chi connectivity index (χ0) is 21.1. The van der Waals surface area contributed by atoms with Crippen molar-refractivity contribution >= 4 is 11.8 Å². The third-order valence-electron chi connectivity index (χ3n) is 5.67. The molecular weight excluding hydrogens is 391 g/mol. The highest BCUT2D eigenvalue weighted by atomic mass is 19.1. The third kappa shape index (κ3) is 4.46. The molecule has 8 nitrogen and oxygen atoms in total. The van der Waals surface area contributed by atoms with Gasteiger partial charge in [0.2, 0.25) is 5.91 Å². The Hall–Kier alpha value is -2.94. The highest BCUT2D eigenvalue weighted by Crippen LogP contribution is 2.22. The number of carbonyl (C=O) groups is 2. The van der Waals surface area contributed by atoms with Gasteiger partial charge in [-0.3, -0.25) is 14.7 Å². The van der Waals surface area contributed by atoms with Crippen LogP contribution in [-0.2, 0) is 9.53 Å². The minimum Gasteiger partial charge on any atom is -0.491 e. The second kappa shape index (κ2) is 8.83. The summed E-state index contributed by atoms with van der Waals surface area (Å²) in [4.78, 5) is 28.7. The average Bonchev–Trinajstić information content (AvgIpc) is 3.20. The molecule has 2 aliphatic heterocycles. The number of aromatic amines is 1. The van der Waals surface area contributed by atoms with Gasteiger partial charge in [0.1, 0.15) is 30.9 Å². The lowest BCUT2D eigenvalue weighted by Gasteiger charge is -2.42. The molecule has 1 unspecified atom stereocenters. The maximum atomic E-state index is 13.0. The number of nitrogens with one attached hydrogen (secondary N) is 1. The van der Waals surface area contributed by atoms with Crippen LogP contribution in [0.5, 0.6) is 5.75 Å². The third-order valence-corrected chi connectivity index (χ3v) is 5.67. The summed E-state index contributed by atoms with van der Waals surface area (Å²) in [7, 11) is 0. The number of amides is 2. The van der Waals surface area contributed by atoms with E-state index in [1.807, 2.05) is 16.7 Å². The molecule has 1 aromatic carbocycles. The number of ether oxygens (including phenoxy) is 2. The maximum absolute atomic E-state index is 13.0. The maximum Gasteiger partial charge on any atom is 0.257 e.